The van der Waals surface area contributed by atoms with Gasteiger partial charge in [0, 0.05) is 17.6 Å². The van der Waals surface area contributed by atoms with E-state index in [1.165, 1.54) is 5.56 Å². The molecular weight excluding hydrogens is 172 g/mol. The van der Waals surface area contributed by atoms with Gasteiger partial charge in [0.15, 0.2) is 0 Å². The second kappa shape index (κ2) is 4.01. The fourth-order valence-corrected chi connectivity index (χ4v) is 1.82. The fourth-order valence-electron chi connectivity index (χ4n) is 1.82. The third-order valence-corrected chi connectivity index (χ3v) is 2.40. The smallest absolute Gasteiger partial charge is 0.0314 e. The van der Waals surface area contributed by atoms with Gasteiger partial charge in [-0.15, -0.1) is 0 Å². The first-order valence-electron chi connectivity index (χ1n) is 4.92. The molecule has 0 aromatic heterocycles. The third kappa shape index (κ3) is 2.74. The van der Waals surface area contributed by atoms with Crippen LogP contribution in [0.25, 0.3) is 0 Å². The number of benzene rings is 1. The van der Waals surface area contributed by atoms with Crippen LogP contribution < -0.4 is 5.73 Å². The van der Waals surface area contributed by atoms with Gasteiger partial charge in [-0.3, -0.25) is 0 Å². The SMILES string of the molecule is CN(C)CC(C)(C)c1ccc(N)cc1. The van der Waals surface area contributed by atoms with Crippen LogP contribution in [0.3, 0.4) is 0 Å². The summed E-state index contributed by atoms with van der Waals surface area (Å²) in [5, 5.41) is 0. The van der Waals surface area contributed by atoms with Crippen LogP contribution >= 0.6 is 0 Å². The van der Waals surface area contributed by atoms with Crippen LogP contribution in [0.1, 0.15) is 19.4 Å². The van der Waals surface area contributed by atoms with Gasteiger partial charge in [0.25, 0.3) is 0 Å². The van der Waals surface area contributed by atoms with Crippen LogP contribution in [-0.2, 0) is 5.41 Å². The lowest BCUT2D eigenvalue weighted by atomic mass is 9.84. The first-order chi connectivity index (χ1) is 6.42. The molecule has 0 aliphatic heterocycles. The first kappa shape index (κ1) is 11.1. The molecule has 2 N–H and O–H groups in total. The topological polar surface area (TPSA) is 29.3 Å². The molecule has 0 spiro atoms. The Morgan fingerprint density at radius 3 is 2.07 bits per heavy atom. The predicted octanol–water partition coefficient (Wildman–Crippen LogP) is 2.11. The summed E-state index contributed by atoms with van der Waals surface area (Å²) >= 11 is 0. The third-order valence-electron chi connectivity index (χ3n) is 2.40. The Morgan fingerprint density at radius 2 is 1.64 bits per heavy atom. The molecule has 2 heteroatoms. The largest absolute Gasteiger partial charge is 0.399 e. The maximum absolute atomic E-state index is 5.66. The maximum Gasteiger partial charge on any atom is 0.0314 e. The highest BCUT2D eigenvalue weighted by atomic mass is 15.1. The van der Waals surface area contributed by atoms with Crippen molar-refractivity contribution in [3.63, 3.8) is 0 Å². The lowest BCUT2D eigenvalue weighted by molar-refractivity contribution is 0.315. The molecule has 0 aliphatic carbocycles. The Balaban J connectivity index is 2.86. The predicted molar refractivity (Wildman–Crippen MR) is 62.4 cm³/mol. The van der Waals surface area contributed by atoms with Crippen LogP contribution in [0.5, 0.6) is 0 Å². The van der Waals surface area contributed by atoms with E-state index in [1.807, 2.05) is 12.1 Å². The highest BCUT2D eigenvalue weighted by Crippen LogP contribution is 2.24. The Hall–Kier alpha value is -1.02. The van der Waals surface area contributed by atoms with Crippen molar-refractivity contribution in [3.8, 4) is 0 Å². The van der Waals surface area contributed by atoms with Crippen molar-refractivity contribution < 1.29 is 0 Å². The number of nitrogens with two attached hydrogens (primary N) is 1. The molecule has 0 aliphatic rings. The molecule has 0 radical (unpaired) electrons. The Labute approximate surface area is 86.7 Å². The number of nitrogen functional groups attached to an aromatic ring is 1. The van der Waals surface area contributed by atoms with Crippen molar-refractivity contribution in [2.24, 2.45) is 0 Å². The van der Waals surface area contributed by atoms with Gasteiger partial charge in [0.1, 0.15) is 0 Å². The minimum Gasteiger partial charge on any atom is -0.399 e. The lowest BCUT2D eigenvalue weighted by Crippen LogP contribution is -2.32. The molecule has 14 heavy (non-hydrogen) atoms. The van der Waals surface area contributed by atoms with Crippen LogP contribution in [0.15, 0.2) is 24.3 Å². The van der Waals surface area contributed by atoms with Gasteiger partial charge < -0.3 is 10.6 Å². The van der Waals surface area contributed by atoms with Crippen LogP contribution in [-0.4, -0.2) is 25.5 Å². The fraction of sp³-hybridized carbons (Fsp3) is 0.500. The van der Waals surface area contributed by atoms with E-state index in [1.54, 1.807) is 0 Å². The van der Waals surface area contributed by atoms with Gasteiger partial charge in [0.05, 0.1) is 0 Å². The van der Waals surface area contributed by atoms with Crippen LogP contribution in [0, 0.1) is 0 Å². The molecule has 0 saturated heterocycles. The van der Waals surface area contributed by atoms with Crippen molar-refractivity contribution in [3.05, 3.63) is 29.8 Å². The zero-order chi connectivity index (χ0) is 10.8. The summed E-state index contributed by atoms with van der Waals surface area (Å²) in [4.78, 5) is 2.20. The molecular formula is C12H20N2. The molecule has 1 aromatic rings. The molecule has 0 unspecified atom stereocenters. The molecule has 0 bridgehead atoms. The van der Waals surface area contributed by atoms with Gasteiger partial charge >= 0.3 is 0 Å². The molecule has 78 valence electrons. The van der Waals surface area contributed by atoms with E-state index in [4.69, 9.17) is 5.73 Å². The number of rotatable bonds is 3. The van der Waals surface area contributed by atoms with Crippen molar-refractivity contribution in [2.45, 2.75) is 19.3 Å². The minimum atomic E-state index is 0.178. The van der Waals surface area contributed by atoms with Gasteiger partial charge in [-0.1, -0.05) is 26.0 Å². The van der Waals surface area contributed by atoms with E-state index < -0.39 is 0 Å². The van der Waals surface area contributed by atoms with Crippen molar-refractivity contribution in [1.82, 2.24) is 4.90 Å². The molecule has 0 amide bonds. The molecule has 1 rings (SSSR count). The quantitative estimate of drug-likeness (QED) is 0.743. The number of hydrogen-bond acceptors (Lipinski definition) is 2. The lowest BCUT2D eigenvalue weighted by Gasteiger charge is -2.28. The molecule has 1 aromatic carbocycles. The summed E-state index contributed by atoms with van der Waals surface area (Å²) in [6, 6.07) is 8.15. The van der Waals surface area contributed by atoms with Crippen molar-refractivity contribution in [1.29, 1.82) is 0 Å². The minimum absolute atomic E-state index is 0.178. The second-order valence-corrected chi connectivity index (χ2v) is 4.74. The molecule has 2 nitrogen and oxygen atoms in total. The van der Waals surface area contributed by atoms with E-state index in [2.05, 4.69) is 45.0 Å². The summed E-state index contributed by atoms with van der Waals surface area (Å²) in [5.41, 5.74) is 8.00. The van der Waals surface area contributed by atoms with E-state index in [0.29, 0.717) is 0 Å². The first-order valence-corrected chi connectivity index (χ1v) is 4.92. The zero-order valence-electron chi connectivity index (χ0n) is 9.54. The van der Waals surface area contributed by atoms with Gasteiger partial charge in [0.2, 0.25) is 0 Å². The Kier molecular flexibility index (Phi) is 3.17. The number of likely N-dealkylation sites (N-methyl/N-ethyl adjacent to an activating group) is 1. The normalized spacial score (nSPS) is 12.1. The van der Waals surface area contributed by atoms with E-state index in [-0.39, 0.29) is 5.41 Å². The zero-order valence-corrected chi connectivity index (χ0v) is 9.54. The number of nitrogens with zero attached hydrogens (tertiary/aromatic N) is 1. The van der Waals surface area contributed by atoms with E-state index >= 15 is 0 Å². The van der Waals surface area contributed by atoms with E-state index in [0.717, 1.165) is 12.2 Å². The maximum atomic E-state index is 5.66. The number of hydrogen-bond donors (Lipinski definition) is 1. The van der Waals surface area contributed by atoms with Crippen molar-refractivity contribution >= 4 is 5.69 Å². The highest BCUT2D eigenvalue weighted by Gasteiger charge is 2.20. The summed E-state index contributed by atoms with van der Waals surface area (Å²) in [6.45, 7) is 5.54. The average molecular weight is 192 g/mol. The molecule has 0 saturated carbocycles. The summed E-state index contributed by atoms with van der Waals surface area (Å²) < 4.78 is 0. The highest BCUT2D eigenvalue weighted by molar-refractivity contribution is 5.41. The van der Waals surface area contributed by atoms with Crippen molar-refractivity contribution in [2.75, 3.05) is 26.4 Å². The molecule has 0 heterocycles. The Bertz CT molecular complexity index is 286. The second-order valence-electron chi connectivity index (χ2n) is 4.74. The molecule has 0 atom stereocenters. The van der Waals surface area contributed by atoms with E-state index in [9.17, 15) is 0 Å². The molecule has 0 fully saturated rings. The van der Waals surface area contributed by atoms with Gasteiger partial charge in [-0.25, -0.2) is 0 Å². The van der Waals surface area contributed by atoms with Gasteiger partial charge in [-0.2, -0.15) is 0 Å². The summed E-state index contributed by atoms with van der Waals surface area (Å²) in [6.07, 6.45) is 0. The number of anilines is 1. The monoisotopic (exact) mass is 192 g/mol. The standard InChI is InChI=1S/C12H20N2/c1-12(2,9-14(3)4)10-5-7-11(13)8-6-10/h5-8H,9,13H2,1-4H3. The van der Waals surface area contributed by atoms with Gasteiger partial charge in [-0.05, 0) is 31.8 Å². The van der Waals surface area contributed by atoms with Crippen LogP contribution in [0.2, 0.25) is 0 Å². The Morgan fingerprint density at radius 1 is 1.14 bits per heavy atom. The summed E-state index contributed by atoms with van der Waals surface area (Å²) in [7, 11) is 4.19. The summed E-state index contributed by atoms with van der Waals surface area (Å²) in [5.74, 6) is 0. The average Bonchev–Trinajstić information content (AvgIpc) is 2.02. The van der Waals surface area contributed by atoms with Crippen LogP contribution in [0.4, 0.5) is 5.69 Å².